The van der Waals surface area contributed by atoms with E-state index in [0.717, 1.165) is 13.2 Å². The van der Waals surface area contributed by atoms with Crippen molar-refractivity contribution in [2.75, 3.05) is 33.9 Å². The van der Waals surface area contributed by atoms with Gasteiger partial charge in [0.1, 0.15) is 0 Å². The Labute approximate surface area is 81.0 Å². The Kier molecular flexibility index (Phi) is 4.70. The van der Waals surface area contributed by atoms with E-state index in [0.29, 0.717) is 18.8 Å². The predicted molar refractivity (Wildman–Crippen MR) is 52.9 cm³/mol. The molecule has 1 heterocycles. The number of likely N-dealkylation sites (N-methyl/N-ethyl adjacent to an activating group) is 1. The molecule has 1 saturated heterocycles. The van der Waals surface area contributed by atoms with Gasteiger partial charge in [-0.05, 0) is 19.9 Å². The van der Waals surface area contributed by atoms with Crippen LogP contribution in [0.5, 0.6) is 0 Å². The zero-order valence-electron chi connectivity index (χ0n) is 8.95. The SMILES string of the molecule is CC[C@@H]1C[C@@H](OCCOC)CN1C. The lowest BCUT2D eigenvalue weighted by atomic mass is 10.1. The summed E-state index contributed by atoms with van der Waals surface area (Å²) in [6.07, 6.45) is 2.82. The summed E-state index contributed by atoms with van der Waals surface area (Å²) in [5.41, 5.74) is 0. The van der Waals surface area contributed by atoms with Crippen molar-refractivity contribution < 1.29 is 9.47 Å². The Bertz CT molecular complexity index is 141. The van der Waals surface area contributed by atoms with Gasteiger partial charge in [-0.25, -0.2) is 0 Å². The fourth-order valence-electron chi connectivity index (χ4n) is 1.93. The summed E-state index contributed by atoms with van der Waals surface area (Å²) >= 11 is 0. The molecule has 1 fully saturated rings. The summed E-state index contributed by atoms with van der Waals surface area (Å²) in [6.45, 7) is 4.74. The number of nitrogens with zero attached hydrogens (tertiary/aromatic N) is 1. The van der Waals surface area contributed by atoms with E-state index in [-0.39, 0.29) is 0 Å². The van der Waals surface area contributed by atoms with Crippen LogP contribution < -0.4 is 0 Å². The van der Waals surface area contributed by atoms with Crippen LogP contribution in [0.15, 0.2) is 0 Å². The van der Waals surface area contributed by atoms with Gasteiger partial charge >= 0.3 is 0 Å². The molecule has 1 rings (SSSR count). The molecule has 2 atom stereocenters. The minimum absolute atomic E-state index is 0.421. The van der Waals surface area contributed by atoms with E-state index in [1.54, 1.807) is 7.11 Å². The summed E-state index contributed by atoms with van der Waals surface area (Å²) < 4.78 is 10.6. The van der Waals surface area contributed by atoms with Crippen LogP contribution in [0.2, 0.25) is 0 Å². The minimum atomic E-state index is 0.421. The van der Waals surface area contributed by atoms with Crippen LogP contribution in [0.25, 0.3) is 0 Å². The normalized spacial score (nSPS) is 29.8. The van der Waals surface area contributed by atoms with E-state index >= 15 is 0 Å². The molecule has 0 aromatic rings. The molecule has 0 radical (unpaired) electrons. The highest BCUT2D eigenvalue weighted by molar-refractivity contribution is 4.82. The Morgan fingerprint density at radius 3 is 2.69 bits per heavy atom. The molecule has 78 valence electrons. The molecule has 1 aliphatic heterocycles. The third-order valence-electron chi connectivity index (χ3n) is 2.76. The van der Waals surface area contributed by atoms with Crippen LogP contribution in [0, 0.1) is 0 Å². The average molecular weight is 187 g/mol. The monoisotopic (exact) mass is 187 g/mol. The van der Waals surface area contributed by atoms with Crippen LogP contribution in [0.3, 0.4) is 0 Å². The number of methoxy groups -OCH3 is 1. The van der Waals surface area contributed by atoms with Gasteiger partial charge in [0, 0.05) is 19.7 Å². The molecule has 0 unspecified atom stereocenters. The number of rotatable bonds is 5. The Balaban J connectivity index is 2.16. The predicted octanol–water partition coefficient (Wildman–Crippen LogP) is 1.13. The standard InChI is InChI=1S/C10H21NO2/c1-4-9-7-10(8-11(9)2)13-6-5-12-3/h9-10H,4-8H2,1-3H3/t9-,10-/m1/s1. The molecule has 0 aromatic carbocycles. The fraction of sp³-hybridized carbons (Fsp3) is 1.00. The third kappa shape index (κ3) is 3.25. The lowest BCUT2D eigenvalue weighted by molar-refractivity contribution is 0.0230. The molecule has 0 spiro atoms. The van der Waals surface area contributed by atoms with Gasteiger partial charge in [-0.15, -0.1) is 0 Å². The third-order valence-corrected chi connectivity index (χ3v) is 2.76. The second-order valence-corrected chi connectivity index (χ2v) is 3.72. The Morgan fingerprint density at radius 2 is 2.15 bits per heavy atom. The molecule has 0 N–H and O–H groups in total. The molecule has 3 heteroatoms. The Morgan fingerprint density at radius 1 is 1.38 bits per heavy atom. The van der Waals surface area contributed by atoms with Gasteiger partial charge in [-0.3, -0.25) is 0 Å². The second kappa shape index (κ2) is 5.58. The van der Waals surface area contributed by atoms with Gasteiger partial charge in [0.2, 0.25) is 0 Å². The van der Waals surface area contributed by atoms with E-state index in [4.69, 9.17) is 9.47 Å². The zero-order chi connectivity index (χ0) is 9.68. The maximum atomic E-state index is 5.68. The highest BCUT2D eigenvalue weighted by Crippen LogP contribution is 2.20. The largest absolute Gasteiger partial charge is 0.382 e. The molecular weight excluding hydrogens is 166 g/mol. The van der Waals surface area contributed by atoms with Crippen LogP contribution in [0.1, 0.15) is 19.8 Å². The van der Waals surface area contributed by atoms with E-state index in [1.807, 2.05) is 0 Å². The first kappa shape index (κ1) is 11.0. The molecule has 0 bridgehead atoms. The van der Waals surface area contributed by atoms with Crippen molar-refractivity contribution in [1.29, 1.82) is 0 Å². The van der Waals surface area contributed by atoms with Crippen LogP contribution in [0.4, 0.5) is 0 Å². The smallest absolute Gasteiger partial charge is 0.0718 e. The van der Waals surface area contributed by atoms with Crippen molar-refractivity contribution in [3.63, 3.8) is 0 Å². The molecular formula is C10H21NO2. The number of hydrogen-bond donors (Lipinski definition) is 0. The summed E-state index contributed by atoms with van der Waals surface area (Å²) in [5.74, 6) is 0. The van der Waals surface area contributed by atoms with Gasteiger partial charge in [-0.1, -0.05) is 6.92 Å². The molecule has 0 aliphatic carbocycles. The van der Waals surface area contributed by atoms with Crippen molar-refractivity contribution in [2.45, 2.75) is 31.9 Å². The van der Waals surface area contributed by atoms with Crippen molar-refractivity contribution in [3.05, 3.63) is 0 Å². The molecule has 0 saturated carbocycles. The first-order valence-electron chi connectivity index (χ1n) is 5.08. The van der Waals surface area contributed by atoms with Crippen LogP contribution in [-0.2, 0) is 9.47 Å². The summed E-state index contributed by atoms with van der Waals surface area (Å²) in [4.78, 5) is 2.39. The van der Waals surface area contributed by atoms with Crippen molar-refractivity contribution in [2.24, 2.45) is 0 Å². The molecule has 0 amide bonds. The number of hydrogen-bond acceptors (Lipinski definition) is 3. The first-order valence-corrected chi connectivity index (χ1v) is 5.08. The van der Waals surface area contributed by atoms with Gasteiger partial charge < -0.3 is 14.4 Å². The lowest BCUT2D eigenvalue weighted by Crippen LogP contribution is -2.24. The topological polar surface area (TPSA) is 21.7 Å². The van der Waals surface area contributed by atoms with Gasteiger partial charge in [0.15, 0.2) is 0 Å². The highest BCUT2D eigenvalue weighted by atomic mass is 16.5. The van der Waals surface area contributed by atoms with E-state index < -0.39 is 0 Å². The van der Waals surface area contributed by atoms with Gasteiger partial charge in [0.25, 0.3) is 0 Å². The second-order valence-electron chi connectivity index (χ2n) is 3.72. The molecule has 3 nitrogen and oxygen atoms in total. The van der Waals surface area contributed by atoms with Gasteiger partial charge in [-0.2, -0.15) is 0 Å². The maximum Gasteiger partial charge on any atom is 0.0718 e. The molecule has 1 aliphatic rings. The lowest BCUT2D eigenvalue weighted by Gasteiger charge is -2.15. The quantitative estimate of drug-likeness (QED) is 0.602. The van der Waals surface area contributed by atoms with Crippen LogP contribution >= 0.6 is 0 Å². The zero-order valence-corrected chi connectivity index (χ0v) is 8.95. The van der Waals surface area contributed by atoms with Crippen molar-refractivity contribution >= 4 is 0 Å². The van der Waals surface area contributed by atoms with E-state index in [9.17, 15) is 0 Å². The maximum absolute atomic E-state index is 5.68. The number of ether oxygens (including phenoxy) is 2. The van der Waals surface area contributed by atoms with E-state index in [2.05, 4.69) is 18.9 Å². The highest BCUT2D eigenvalue weighted by Gasteiger charge is 2.28. The van der Waals surface area contributed by atoms with E-state index in [1.165, 1.54) is 12.8 Å². The summed E-state index contributed by atoms with van der Waals surface area (Å²) in [6, 6.07) is 0.715. The number of likely N-dealkylation sites (tertiary alicyclic amines) is 1. The Hall–Kier alpha value is -0.120. The first-order chi connectivity index (χ1) is 6.27. The summed E-state index contributed by atoms with van der Waals surface area (Å²) in [5, 5.41) is 0. The summed E-state index contributed by atoms with van der Waals surface area (Å²) in [7, 11) is 3.88. The fourth-order valence-corrected chi connectivity index (χ4v) is 1.93. The van der Waals surface area contributed by atoms with Crippen LogP contribution in [-0.4, -0.2) is 51.0 Å². The minimum Gasteiger partial charge on any atom is -0.382 e. The molecule has 0 aromatic heterocycles. The average Bonchev–Trinajstić information content (AvgIpc) is 2.47. The molecule has 13 heavy (non-hydrogen) atoms. The van der Waals surface area contributed by atoms with Crippen molar-refractivity contribution in [1.82, 2.24) is 4.90 Å². The van der Waals surface area contributed by atoms with Crippen molar-refractivity contribution in [3.8, 4) is 0 Å². The van der Waals surface area contributed by atoms with Gasteiger partial charge in [0.05, 0.1) is 19.3 Å².